The predicted octanol–water partition coefficient (Wildman–Crippen LogP) is 2.20. The van der Waals surface area contributed by atoms with Crippen LogP contribution < -0.4 is 10.2 Å². The lowest BCUT2D eigenvalue weighted by Gasteiger charge is -2.26. The second kappa shape index (κ2) is 5.59. The van der Waals surface area contributed by atoms with E-state index < -0.39 is 12.1 Å². The Morgan fingerprint density at radius 3 is 2.86 bits per heavy atom. The Morgan fingerprint density at radius 1 is 1.48 bits per heavy atom. The van der Waals surface area contributed by atoms with E-state index in [2.05, 4.69) is 11.6 Å². The number of rotatable bonds is 3. The molecule has 0 radical (unpaired) electrons. The number of nitrogens with one attached hydrogen (secondary N) is 1. The largest absolute Gasteiger partial charge is 0.471 e. The number of nitrogens with zero attached hydrogens (tertiary/aromatic N) is 2. The number of hydrogen-bond acceptors (Lipinski definition) is 3. The third-order valence-electron chi connectivity index (χ3n) is 3.07. The molecule has 0 saturated heterocycles. The van der Waals surface area contributed by atoms with Crippen LogP contribution in [-0.2, 0) is 4.79 Å². The van der Waals surface area contributed by atoms with Gasteiger partial charge in [0.1, 0.15) is 6.67 Å². The van der Waals surface area contributed by atoms with Crippen LogP contribution in [0.2, 0.25) is 0 Å². The van der Waals surface area contributed by atoms with Crippen molar-refractivity contribution in [3.05, 3.63) is 35.9 Å². The Kier molecular flexibility index (Phi) is 4.02. The second-order valence-electron chi connectivity index (χ2n) is 4.68. The van der Waals surface area contributed by atoms with Crippen LogP contribution >= 0.6 is 0 Å². The van der Waals surface area contributed by atoms with E-state index in [9.17, 15) is 18.0 Å². The van der Waals surface area contributed by atoms with Crippen LogP contribution in [0.3, 0.4) is 0 Å². The van der Waals surface area contributed by atoms with Crippen molar-refractivity contribution in [1.82, 2.24) is 5.32 Å². The standard InChI is InChI=1S/C14H14F3N3O/c1-9(6-19-13(21)14(15,16)17)11-5-3-4-10-7-18-8-20(2)12(10)11/h3-5,7H,1,6,8H2,2H3,(H,19,21). The zero-order chi connectivity index (χ0) is 15.6. The first kappa shape index (κ1) is 15.1. The molecule has 0 atom stereocenters. The fraction of sp³-hybridized carbons (Fsp3) is 0.286. The molecule has 2 rings (SSSR count). The van der Waals surface area contributed by atoms with Crippen LogP contribution in [0.1, 0.15) is 11.1 Å². The lowest BCUT2D eigenvalue weighted by molar-refractivity contribution is -0.173. The van der Waals surface area contributed by atoms with Crippen molar-refractivity contribution in [2.24, 2.45) is 4.99 Å². The fourth-order valence-electron chi connectivity index (χ4n) is 2.09. The lowest BCUT2D eigenvalue weighted by atomic mass is 10.00. The molecule has 1 N–H and O–H groups in total. The molecule has 1 aliphatic rings. The van der Waals surface area contributed by atoms with Gasteiger partial charge in [-0.3, -0.25) is 9.79 Å². The maximum absolute atomic E-state index is 12.2. The highest BCUT2D eigenvalue weighted by Gasteiger charge is 2.38. The van der Waals surface area contributed by atoms with E-state index in [0.29, 0.717) is 17.8 Å². The number of hydrogen-bond donors (Lipinski definition) is 1. The highest BCUT2D eigenvalue weighted by atomic mass is 19.4. The Hall–Kier alpha value is -2.31. The van der Waals surface area contributed by atoms with Crippen molar-refractivity contribution in [3.8, 4) is 0 Å². The molecule has 0 unspecified atom stereocenters. The second-order valence-corrected chi connectivity index (χ2v) is 4.68. The number of alkyl halides is 3. The molecule has 7 heteroatoms. The molecule has 0 aliphatic carbocycles. The topological polar surface area (TPSA) is 44.7 Å². The number of anilines is 1. The Morgan fingerprint density at radius 2 is 2.19 bits per heavy atom. The van der Waals surface area contributed by atoms with Gasteiger partial charge >= 0.3 is 12.1 Å². The van der Waals surface area contributed by atoms with Crippen LogP contribution in [0.25, 0.3) is 5.57 Å². The zero-order valence-corrected chi connectivity index (χ0v) is 11.4. The summed E-state index contributed by atoms with van der Waals surface area (Å²) in [5.74, 6) is -1.97. The number of aliphatic imine (C=N–C) groups is 1. The molecule has 1 aromatic rings. The number of carbonyl (C=O) groups is 1. The summed E-state index contributed by atoms with van der Waals surface area (Å²) in [5, 5.41) is 1.83. The number of fused-ring (bicyclic) bond motifs is 1. The molecule has 112 valence electrons. The molecular formula is C14H14F3N3O. The van der Waals surface area contributed by atoms with Crippen molar-refractivity contribution >= 4 is 23.4 Å². The van der Waals surface area contributed by atoms with E-state index >= 15 is 0 Å². The van der Waals surface area contributed by atoms with Crippen LogP contribution in [-0.4, -0.2) is 38.6 Å². The first-order valence-electron chi connectivity index (χ1n) is 6.18. The van der Waals surface area contributed by atoms with Gasteiger partial charge in [0.05, 0.1) is 5.69 Å². The summed E-state index contributed by atoms with van der Waals surface area (Å²) in [4.78, 5) is 16.9. The van der Waals surface area contributed by atoms with E-state index in [1.165, 1.54) is 0 Å². The van der Waals surface area contributed by atoms with Crippen molar-refractivity contribution in [2.45, 2.75) is 6.18 Å². The van der Waals surface area contributed by atoms with Crippen molar-refractivity contribution in [3.63, 3.8) is 0 Å². The van der Waals surface area contributed by atoms with Gasteiger partial charge in [0.15, 0.2) is 0 Å². The molecule has 0 saturated carbocycles. The molecule has 21 heavy (non-hydrogen) atoms. The molecule has 0 spiro atoms. The summed E-state index contributed by atoms with van der Waals surface area (Å²) in [7, 11) is 1.83. The predicted molar refractivity (Wildman–Crippen MR) is 75.4 cm³/mol. The van der Waals surface area contributed by atoms with E-state index in [1.54, 1.807) is 18.3 Å². The van der Waals surface area contributed by atoms with Gasteiger partial charge in [-0.05, 0) is 5.57 Å². The van der Waals surface area contributed by atoms with E-state index in [-0.39, 0.29) is 6.54 Å². The number of benzene rings is 1. The number of amides is 1. The molecule has 1 amide bonds. The number of carbonyl (C=O) groups excluding carboxylic acids is 1. The molecule has 0 aromatic heterocycles. The molecule has 4 nitrogen and oxygen atoms in total. The minimum absolute atomic E-state index is 0.264. The highest BCUT2D eigenvalue weighted by molar-refractivity contribution is 5.95. The molecular weight excluding hydrogens is 283 g/mol. The molecule has 0 bridgehead atoms. The van der Waals surface area contributed by atoms with Crippen LogP contribution in [0.5, 0.6) is 0 Å². The average Bonchev–Trinajstić information content (AvgIpc) is 2.43. The van der Waals surface area contributed by atoms with Crippen molar-refractivity contribution in [2.75, 3.05) is 25.2 Å². The van der Waals surface area contributed by atoms with Gasteiger partial charge in [0.25, 0.3) is 0 Å². The summed E-state index contributed by atoms with van der Waals surface area (Å²) in [6, 6.07) is 5.40. The zero-order valence-electron chi connectivity index (χ0n) is 11.4. The first-order valence-corrected chi connectivity index (χ1v) is 6.18. The fourth-order valence-corrected chi connectivity index (χ4v) is 2.09. The third-order valence-corrected chi connectivity index (χ3v) is 3.07. The third kappa shape index (κ3) is 3.24. The van der Waals surface area contributed by atoms with Crippen LogP contribution in [0.4, 0.5) is 18.9 Å². The van der Waals surface area contributed by atoms with Gasteiger partial charge in [0.2, 0.25) is 0 Å². The van der Waals surface area contributed by atoms with Crippen LogP contribution in [0, 0.1) is 0 Å². The smallest absolute Gasteiger partial charge is 0.354 e. The van der Waals surface area contributed by atoms with E-state index in [1.807, 2.05) is 23.3 Å². The van der Waals surface area contributed by atoms with Crippen molar-refractivity contribution < 1.29 is 18.0 Å². The maximum Gasteiger partial charge on any atom is 0.471 e. The summed E-state index contributed by atoms with van der Waals surface area (Å²) >= 11 is 0. The molecule has 0 fully saturated rings. The average molecular weight is 297 g/mol. The number of para-hydroxylation sites is 1. The molecule has 1 aromatic carbocycles. The Balaban J connectivity index is 2.18. The highest BCUT2D eigenvalue weighted by Crippen LogP contribution is 2.30. The van der Waals surface area contributed by atoms with Gasteiger partial charge in [-0.1, -0.05) is 24.8 Å². The van der Waals surface area contributed by atoms with E-state index in [4.69, 9.17) is 0 Å². The Bertz CT molecular complexity index is 608. The normalized spacial score (nSPS) is 13.8. The van der Waals surface area contributed by atoms with Gasteiger partial charge in [-0.2, -0.15) is 13.2 Å². The summed E-state index contributed by atoms with van der Waals surface area (Å²) in [5.41, 5.74) is 2.82. The molecule has 1 heterocycles. The first-order chi connectivity index (χ1) is 9.80. The quantitative estimate of drug-likeness (QED) is 0.929. The van der Waals surface area contributed by atoms with Gasteiger partial charge in [-0.25, -0.2) is 0 Å². The SMILES string of the molecule is C=C(CNC(=O)C(F)(F)F)c1cccc2c1N(C)CN=C2. The van der Waals surface area contributed by atoms with Crippen LogP contribution in [0.15, 0.2) is 29.8 Å². The minimum atomic E-state index is -4.89. The summed E-state index contributed by atoms with van der Waals surface area (Å²) in [6.07, 6.45) is -3.18. The van der Waals surface area contributed by atoms with Crippen molar-refractivity contribution in [1.29, 1.82) is 0 Å². The molecule has 1 aliphatic heterocycles. The van der Waals surface area contributed by atoms with Gasteiger partial charge in [0, 0.05) is 30.9 Å². The Labute approximate surface area is 120 Å². The summed E-state index contributed by atoms with van der Waals surface area (Å²) < 4.78 is 36.5. The minimum Gasteiger partial charge on any atom is -0.354 e. The van der Waals surface area contributed by atoms with Gasteiger partial charge < -0.3 is 10.2 Å². The monoisotopic (exact) mass is 297 g/mol. The maximum atomic E-state index is 12.2. The summed E-state index contributed by atoms with van der Waals surface area (Å²) in [6.45, 7) is 3.97. The van der Waals surface area contributed by atoms with E-state index in [0.717, 1.165) is 11.3 Å². The lowest BCUT2D eigenvalue weighted by Crippen LogP contribution is -2.37. The van der Waals surface area contributed by atoms with Gasteiger partial charge in [-0.15, -0.1) is 0 Å². The number of halogens is 3.